The van der Waals surface area contributed by atoms with Crippen molar-refractivity contribution in [1.82, 2.24) is 19.7 Å². The van der Waals surface area contributed by atoms with Crippen LogP contribution in [0.15, 0.2) is 40.9 Å². The van der Waals surface area contributed by atoms with E-state index in [1.54, 1.807) is 24.9 Å². The van der Waals surface area contributed by atoms with E-state index >= 15 is 0 Å². The SMILES string of the molecule is COc1cc(Cc2nc3n(n2)CCCN3c2ccc(F)c(F)c2F)ccc1-c1cnc(C)o1. The standard InChI is InChI=1S/C23H20F3N5O2/c1-13-27-12-19(33-13)15-5-4-14(10-18(15)32-2)11-20-28-23-30(8-3-9-31(23)29-20)17-7-6-16(24)21(25)22(17)26/h4-7,10,12H,3,8-9,11H2,1-2H3. The monoisotopic (exact) mass is 455 g/mol. The van der Waals surface area contributed by atoms with Gasteiger partial charge in [-0.1, -0.05) is 6.07 Å². The number of benzene rings is 2. The number of fused-ring (bicyclic) bond motifs is 1. The lowest BCUT2D eigenvalue weighted by Crippen LogP contribution is -2.29. The summed E-state index contributed by atoms with van der Waals surface area (Å²) in [5.41, 5.74) is 1.61. The second kappa shape index (κ2) is 8.27. The lowest BCUT2D eigenvalue weighted by Gasteiger charge is -2.28. The number of rotatable bonds is 5. The third-order valence-electron chi connectivity index (χ3n) is 5.51. The van der Waals surface area contributed by atoms with Gasteiger partial charge in [-0.3, -0.25) is 0 Å². The van der Waals surface area contributed by atoms with Crippen LogP contribution in [0.25, 0.3) is 11.3 Å². The summed E-state index contributed by atoms with van der Waals surface area (Å²) in [6, 6.07) is 7.80. The van der Waals surface area contributed by atoms with Crippen LogP contribution in [0.1, 0.15) is 23.7 Å². The molecule has 1 aliphatic heterocycles. The van der Waals surface area contributed by atoms with Gasteiger partial charge in [-0.15, -0.1) is 0 Å². The third-order valence-corrected chi connectivity index (χ3v) is 5.51. The Bertz CT molecular complexity index is 1330. The van der Waals surface area contributed by atoms with Gasteiger partial charge in [0.25, 0.3) is 0 Å². The van der Waals surface area contributed by atoms with Gasteiger partial charge in [-0.25, -0.2) is 22.8 Å². The zero-order chi connectivity index (χ0) is 23.1. The molecule has 0 radical (unpaired) electrons. The summed E-state index contributed by atoms with van der Waals surface area (Å²) in [5.74, 6) is -1.27. The van der Waals surface area contributed by atoms with Crippen molar-refractivity contribution in [2.45, 2.75) is 26.3 Å². The van der Waals surface area contributed by atoms with Crippen molar-refractivity contribution in [2.24, 2.45) is 0 Å². The minimum Gasteiger partial charge on any atom is -0.496 e. The summed E-state index contributed by atoms with van der Waals surface area (Å²) in [5, 5.41) is 4.54. The summed E-state index contributed by atoms with van der Waals surface area (Å²) in [4.78, 5) is 10.2. The number of anilines is 2. The molecule has 7 nitrogen and oxygen atoms in total. The molecule has 0 N–H and O–H groups in total. The molecule has 0 atom stereocenters. The summed E-state index contributed by atoms with van der Waals surface area (Å²) < 4.78 is 54.4. The van der Waals surface area contributed by atoms with E-state index < -0.39 is 17.5 Å². The number of halogens is 3. The molecular weight excluding hydrogens is 435 g/mol. The number of ether oxygens (including phenoxy) is 1. The maximum atomic E-state index is 14.4. The van der Waals surface area contributed by atoms with E-state index in [4.69, 9.17) is 9.15 Å². The highest BCUT2D eigenvalue weighted by atomic mass is 19.2. The molecule has 5 rings (SSSR count). The Labute approximate surface area is 187 Å². The Morgan fingerprint density at radius 3 is 2.70 bits per heavy atom. The van der Waals surface area contributed by atoms with Crippen molar-refractivity contribution in [3.63, 3.8) is 0 Å². The van der Waals surface area contributed by atoms with Gasteiger partial charge < -0.3 is 14.1 Å². The predicted octanol–water partition coefficient (Wildman–Crippen LogP) is 4.80. The first-order valence-corrected chi connectivity index (χ1v) is 10.4. The van der Waals surface area contributed by atoms with Crippen LogP contribution in [0.3, 0.4) is 0 Å². The fourth-order valence-electron chi connectivity index (χ4n) is 3.95. The predicted molar refractivity (Wildman–Crippen MR) is 114 cm³/mol. The van der Waals surface area contributed by atoms with Gasteiger partial charge in [0.05, 0.1) is 24.6 Å². The molecule has 0 bridgehead atoms. The first kappa shape index (κ1) is 21.0. The molecule has 0 saturated heterocycles. The van der Waals surface area contributed by atoms with Crippen LogP contribution in [0.2, 0.25) is 0 Å². The van der Waals surface area contributed by atoms with E-state index in [1.165, 1.54) is 11.0 Å². The van der Waals surface area contributed by atoms with Gasteiger partial charge in [0.1, 0.15) is 5.75 Å². The summed E-state index contributed by atoms with van der Waals surface area (Å²) >= 11 is 0. The molecule has 2 aromatic heterocycles. The highest BCUT2D eigenvalue weighted by Crippen LogP contribution is 2.34. The summed E-state index contributed by atoms with van der Waals surface area (Å²) in [6.45, 7) is 2.78. The van der Waals surface area contributed by atoms with Crippen molar-refractivity contribution in [3.8, 4) is 17.1 Å². The van der Waals surface area contributed by atoms with Gasteiger partial charge in [-0.2, -0.15) is 10.1 Å². The van der Waals surface area contributed by atoms with Crippen LogP contribution in [-0.4, -0.2) is 33.4 Å². The molecule has 4 aromatic rings. The Morgan fingerprint density at radius 2 is 1.94 bits per heavy atom. The molecule has 170 valence electrons. The smallest absolute Gasteiger partial charge is 0.228 e. The molecule has 10 heteroatoms. The Kier molecular flexibility index (Phi) is 5.27. The molecule has 0 spiro atoms. The highest BCUT2D eigenvalue weighted by Gasteiger charge is 2.27. The van der Waals surface area contributed by atoms with E-state index in [1.807, 2.05) is 18.2 Å². The van der Waals surface area contributed by atoms with Crippen molar-refractivity contribution in [3.05, 3.63) is 71.3 Å². The highest BCUT2D eigenvalue weighted by molar-refractivity contribution is 5.66. The number of methoxy groups -OCH3 is 1. The topological polar surface area (TPSA) is 69.2 Å². The van der Waals surface area contributed by atoms with E-state index in [0.717, 1.165) is 17.2 Å². The number of aromatic nitrogens is 4. The van der Waals surface area contributed by atoms with Crippen molar-refractivity contribution < 1.29 is 22.3 Å². The van der Waals surface area contributed by atoms with Crippen molar-refractivity contribution in [2.75, 3.05) is 18.6 Å². The molecule has 0 saturated carbocycles. The van der Waals surface area contributed by atoms with E-state index in [-0.39, 0.29) is 5.69 Å². The molecule has 33 heavy (non-hydrogen) atoms. The van der Waals surface area contributed by atoms with Gasteiger partial charge in [0.15, 0.2) is 34.9 Å². The molecule has 2 aromatic carbocycles. The quantitative estimate of drug-likeness (QED) is 0.403. The van der Waals surface area contributed by atoms with Crippen LogP contribution < -0.4 is 9.64 Å². The summed E-state index contributed by atoms with van der Waals surface area (Å²) in [6.07, 6.45) is 2.71. The third kappa shape index (κ3) is 3.81. The van der Waals surface area contributed by atoms with E-state index in [0.29, 0.717) is 55.1 Å². The average Bonchev–Trinajstić information content (AvgIpc) is 3.43. The van der Waals surface area contributed by atoms with Gasteiger partial charge in [-0.05, 0) is 36.2 Å². The molecular formula is C23H20F3N5O2. The number of aryl methyl sites for hydroxylation is 2. The molecule has 0 amide bonds. The van der Waals surface area contributed by atoms with Gasteiger partial charge in [0, 0.05) is 26.4 Å². The maximum absolute atomic E-state index is 14.4. The number of hydrogen-bond acceptors (Lipinski definition) is 6. The second-order valence-corrected chi connectivity index (χ2v) is 7.71. The van der Waals surface area contributed by atoms with Crippen molar-refractivity contribution in [1.29, 1.82) is 0 Å². The first-order valence-electron chi connectivity index (χ1n) is 10.4. The minimum absolute atomic E-state index is 0.0674. The largest absolute Gasteiger partial charge is 0.496 e. The second-order valence-electron chi connectivity index (χ2n) is 7.71. The van der Waals surface area contributed by atoms with E-state index in [9.17, 15) is 13.2 Å². The fourth-order valence-corrected chi connectivity index (χ4v) is 3.95. The van der Waals surface area contributed by atoms with Crippen LogP contribution >= 0.6 is 0 Å². The fraction of sp³-hybridized carbons (Fsp3) is 0.261. The van der Waals surface area contributed by atoms with Gasteiger partial charge in [0.2, 0.25) is 5.95 Å². The zero-order valence-corrected chi connectivity index (χ0v) is 18.0. The van der Waals surface area contributed by atoms with Crippen molar-refractivity contribution >= 4 is 11.6 Å². The number of hydrogen-bond donors (Lipinski definition) is 0. The summed E-state index contributed by atoms with van der Waals surface area (Å²) in [7, 11) is 1.58. The molecule has 1 aliphatic rings. The molecule has 0 aliphatic carbocycles. The Hall–Kier alpha value is -3.82. The molecule has 3 heterocycles. The molecule has 0 unspecified atom stereocenters. The van der Waals surface area contributed by atoms with Crippen LogP contribution in [0.4, 0.5) is 24.8 Å². The lowest BCUT2D eigenvalue weighted by molar-refractivity contribution is 0.413. The Balaban J connectivity index is 1.44. The zero-order valence-electron chi connectivity index (χ0n) is 18.0. The van der Waals surface area contributed by atoms with Crippen LogP contribution in [0, 0.1) is 24.4 Å². The maximum Gasteiger partial charge on any atom is 0.228 e. The van der Waals surface area contributed by atoms with E-state index in [2.05, 4.69) is 15.1 Å². The Morgan fingerprint density at radius 1 is 1.09 bits per heavy atom. The first-order chi connectivity index (χ1) is 15.9. The van der Waals surface area contributed by atoms with Gasteiger partial charge >= 0.3 is 0 Å². The lowest BCUT2D eigenvalue weighted by atomic mass is 10.1. The number of nitrogens with zero attached hydrogens (tertiary/aromatic N) is 5. The number of oxazole rings is 1. The van der Waals surface area contributed by atoms with Crippen LogP contribution in [-0.2, 0) is 13.0 Å². The molecule has 0 fully saturated rings. The normalized spacial score (nSPS) is 13.3. The average molecular weight is 455 g/mol. The van der Waals surface area contributed by atoms with Crippen LogP contribution in [0.5, 0.6) is 5.75 Å². The minimum atomic E-state index is -1.50.